The van der Waals surface area contributed by atoms with Crippen molar-refractivity contribution in [3.63, 3.8) is 0 Å². The molecule has 0 fully saturated rings. The molecule has 0 amide bonds. The Morgan fingerprint density at radius 2 is 1.60 bits per heavy atom. The van der Waals surface area contributed by atoms with Crippen molar-refractivity contribution in [2.45, 2.75) is 11.6 Å². The molecule has 0 radical (unpaired) electrons. The van der Waals surface area contributed by atoms with Gasteiger partial charge >= 0.3 is 5.97 Å². The van der Waals surface area contributed by atoms with Crippen LogP contribution in [-0.2, 0) is 9.59 Å². The van der Waals surface area contributed by atoms with Crippen LogP contribution in [0, 0.1) is 0 Å². The van der Waals surface area contributed by atoms with Gasteiger partial charge in [0.2, 0.25) is 0 Å². The lowest BCUT2D eigenvalue weighted by Gasteiger charge is -2.26. The lowest BCUT2D eigenvalue weighted by Crippen LogP contribution is -3.01. The average Bonchev–Trinajstić information content (AvgIpc) is 2.62. The fourth-order valence-corrected chi connectivity index (χ4v) is 1.66. The van der Waals surface area contributed by atoms with Crippen LogP contribution in [0.2, 0.25) is 0 Å². The monoisotopic (exact) mass is 357 g/mol. The van der Waals surface area contributed by atoms with E-state index in [1.807, 2.05) is 18.2 Å². The summed E-state index contributed by atoms with van der Waals surface area (Å²) < 4.78 is 0. The third kappa shape index (κ3) is 9.55. The van der Waals surface area contributed by atoms with Gasteiger partial charge < -0.3 is 40.8 Å². The van der Waals surface area contributed by atoms with E-state index in [0.717, 1.165) is 5.56 Å². The van der Waals surface area contributed by atoms with Crippen molar-refractivity contribution in [3.8, 4) is 0 Å². The van der Waals surface area contributed by atoms with E-state index in [4.69, 9.17) is 20.4 Å². The van der Waals surface area contributed by atoms with Crippen molar-refractivity contribution in [1.82, 2.24) is 0 Å². The molecule has 0 bridgehead atoms. The van der Waals surface area contributed by atoms with Gasteiger partial charge in [-0.1, -0.05) is 30.3 Å². The summed E-state index contributed by atoms with van der Waals surface area (Å²) in [6, 6.07) is 9.12. The fraction of sp³-hybridized carbons (Fsp3) is 0.375. The number of hydrogen-bond acceptors (Lipinski definition) is 7. The van der Waals surface area contributed by atoms with Gasteiger partial charge in [0, 0.05) is 6.08 Å². The predicted octanol–water partition coefficient (Wildman–Crippen LogP) is -3.62. The molecule has 0 saturated heterocycles. The van der Waals surface area contributed by atoms with Crippen LogP contribution in [0.1, 0.15) is 11.7 Å². The highest BCUT2D eigenvalue weighted by molar-refractivity contribution is 5.88. The van der Waals surface area contributed by atoms with Crippen LogP contribution in [0.15, 0.2) is 42.5 Å². The van der Waals surface area contributed by atoms with Crippen LogP contribution in [0.4, 0.5) is 0 Å². The second-order valence-corrected chi connectivity index (χ2v) is 5.19. The van der Waals surface area contributed by atoms with E-state index in [1.54, 1.807) is 17.4 Å². The van der Waals surface area contributed by atoms with E-state index in [2.05, 4.69) is 0 Å². The van der Waals surface area contributed by atoms with E-state index < -0.39 is 23.6 Å². The van der Waals surface area contributed by atoms with E-state index in [9.17, 15) is 19.8 Å². The maximum absolute atomic E-state index is 9.89. The van der Waals surface area contributed by atoms with Gasteiger partial charge in [-0.3, -0.25) is 0 Å². The molecule has 0 heterocycles. The Morgan fingerprint density at radius 1 is 1.08 bits per heavy atom. The van der Waals surface area contributed by atoms with Gasteiger partial charge in [0.1, 0.15) is 32.5 Å². The van der Waals surface area contributed by atoms with E-state index in [1.165, 1.54) is 0 Å². The fourth-order valence-electron chi connectivity index (χ4n) is 1.66. The number of aliphatic hydroxyl groups excluding tert-OH is 4. The molecular formula is C16H23NO8. The molecule has 0 aliphatic rings. The molecule has 0 aliphatic carbocycles. The number of carboxylic acids is 2. The zero-order valence-corrected chi connectivity index (χ0v) is 13.5. The predicted molar refractivity (Wildman–Crippen MR) is 84.0 cm³/mol. The van der Waals surface area contributed by atoms with Gasteiger partial charge in [-0.05, 0) is 11.6 Å². The number of quaternary nitrogens is 1. The van der Waals surface area contributed by atoms with Crippen LogP contribution in [0.5, 0.6) is 0 Å². The summed E-state index contributed by atoms with van der Waals surface area (Å²) in [5, 5.41) is 56.1. The van der Waals surface area contributed by atoms with Crippen LogP contribution in [-0.4, -0.2) is 69.4 Å². The standard InChI is InChI=1S/C12H19NO4.C4H4O4/c14-7-12(8-15,9-16)13-6-11(17)10-4-2-1-3-5-10;5-3(6)1-2-4(7)8/h1-5,11,13-17H,6-9H2;1-2H,(H,5,6)(H,7,8)/b;2-1+. The molecular weight excluding hydrogens is 334 g/mol. The zero-order chi connectivity index (χ0) is 19.3. The van der Waals surface area contributed by atoms with Gasteiger partial charge in [-0.15, -0.1) is 0 Å². The van der Waals surface area contributed by atoms with Crippen molar-refractivity contribution in [1.29, 1.82) is 0 Å². The van der Waals surface area contributed by atoms with Crippen LogP contribution in [0.3, 0.4) is 0 Å². The number of nitrogens with two attached hydrogens (primary N) is 1. The molecule has 1 rings (SSSR count). The molecule has 0 aliphatic heterocycles. The van der Waals surface area contributed by atoms with E-state index in [0.29, 0.717) is 12.2 Å². The first-order chi connectivity index (χ1) is 11.8. The first-order valence-corrected chi connectivity index (χ1v) is 7.32. The minimum Gasteiger partial charge on any atom is -0.545 e. The number of carbonyl (C=O) groups excluding carboxylic acids is 1. The smallest absolute Gasteiger partial charge is 0.328 e. The Balaban J connectivity index is 0.000000609. The summed E-state index contributed by atoms with van der Waals surface area (Å²) in [4.78, 5) is 19.0. The Kier molecular flexibility index (Phi) is 11.0. The molecule has 0 aromatic heterocycles. The van der Waals surface area contributed by atoms with Gasteiger partial charge in [-0.2, -0.15) is 0 Å². The minimum atomic E-state index is -1.51. The first-order valence-electron chi connectivity index (χ1n) is 7.32. The number of rotatable bonds is 9. The van der Waals surface area contributed by atoms with Crippen molar-refractivity contribution >= 4 is 11.9 Å². The van der Waals surface area contributed by atoms with Gasteiger partial charge in [0.05, 0.1) is 5.97 Å². The summed E-state index contributed by atoms with van der Waals surface area (Å²) in [5.41, 5.74) is -0.262. The highest BCUT2D eigenvalue weighted by Crippen LogP contribution is 2.09. The lowest BCUT2D eigenvalue weighted by molar-refractivity contribution is -0.738. The molecule has 7 N–H and O–H groups in total. The third-order valence-corrected chi connectivity index (χ3v) is 3.27. The number of aliphatic carboxylic acids is 2. The SMILES string of the molecule is O=C([O-])/C=C/C(=O)O.OCC(CO)(CO)[NH2+]CC(O)c1ccccc1. The topological polar surface area (TPSA) is 175 Å². The Labute approximate surface area is 144 Å². The van der Waals surface area contributed by atoms with E-state index >= 15 is 0 Å². The number of benzene rings is 1. The Bertz CT molecular complexity index is 518. The maximum atomic E-state index is 9.89. The largest absolute Gasteiger partial charge is 0.545 e. The highest BCUT2D eigenvalue weighted by Gasteiger charge is 2.32. The lowest BCUT2D eigenvalue weighted by atomic mass is 10.0. The Morgan fingerprint density at radius 3 is 1.96 bits per heavy atom. The van der Waals surface area contributed by atoms with Crippen LogP contribution >= 0.6 is 0 Å². The van der Waals surface area contributed by atoms with Crippen molar-refractivity contribution in [2.75, 3.05) is 26.4 Å². The summed E-state index contributed by atoms with van der Waals surface area (Å²) in [7, 11) is 0. The van der Waals surface area contributed by atoms with Gasteiger partial charge in [0.25, 0.3) is 0 Å². The third-order valence-electron chi connectivity index (χ3n) is 3.27. The molecule has 1 aromatic rings. The molecule has 140 valence electrons. The molecule has 1 atom stereocenters. The Hall–Kier alpha value is -2.30. The number of hydrogen-bond donors (Lipinski definition) is 6. The van der Waals surface area contributed by atoms with Gasteiger partial charge in [-0.25, -0.2) is 4.79 Å². The maximum Gasteiger partial charge on any atom is 0.328 e. The highest BCUT2D eigenvalue weighted by atomic mass is 16.4. The van der Waals surface area contributed by atoms with Crippen LogP contribution in [0.25, 0.3) is 0 Å². The first kappa shape index (κ1) is 22.7. The van der Waals surface area contributed by atoms with Crippen LogP contribution < -0.4 is 10.4 Å². The number of aliphatic hydroxyl groups is 4. The average molecular weight is 357 g/mol. The molecule has 1 unspecified atom stereocenters. The second-order valence-electron chi connectivity index (χ2n) is 5.19. The molecule has 25 heavy (non-hydrogen) atoms. The molecule has 1 aromatic carbocycles. The summed E-state index contributed by atoms with van der Waals surface area (Å²) in [5.74, 6) is -2.80. The minimum absolute atomic E-state index is 0.270. The number of carboxylic acid groups (broad SMARTS) is 2. The number of carbonyl (C=O) groups is 2. The van der Waals surface area contributed by atoms with E-state index in [-0.39, 0.29) is 26.4 Å². The van der Waals surface area contributed by atoms with Gasteiger partial charge in [0.15, 0.2) is 5.54 Å². The van der Waals surface area contributed by atoms with Crippen molar-refractivity contribution < 1.29 is 45.5 Å². The molecule has 0 spiro atoms. The summed E-state index contributed by atoms with van der Waals surface area (Å²) >= 11 is 0. The quantitative estimate of drug-likeness (QED) is 0.245. The molecule has 0 saturated carbocycles. The molecule has 9 heteroatoms. The second kappa shape index (κ2) is 12.1. The summed E-state index contributed by atoms with van der Waals surface area (Å²) in [6.45, 7) is -0.768. The zero-order valence-electron chi connectivity index (χ0n) is 13.5. The summed E-state index contributed by atoms with van der Waals surface area (Å²) in [6.07, 6.45) is 0.248. The normalized spacial score (nSPS) is 12.3. The van der Waals surface area contributed by atoms with Crippen molar-refractivity contribution in [3.05, 3.63) is 48.0 Å². The molecule has 9 nitrogen and oxygen atoms in total. The van der Waals surface area contributed by atoms with Crippen molar-refractivity contribution in [2.24, 2.45) is 0 Å².